The maximum atomic E-state index is 11.9. The molecule has 1 fully saturated rings. The second-order valence-corrected chi connectivity index (χ2v) is 4.45. The molecule has 3 rings (SSSR count). The number of fused-ring (bicyclic) bond motifs is 1. The Hall–Kier alpha value is -1.43. The molecule has 3 heterocycles. The Labute approximate surface area is 108 Å². The lowest BCUT2D eigenvalue weighted by Crippen LogP contribution is -2.27. The van der Waals surface area contributed by atoms with Crippen LogP contribution < -0.4 is 5.56 Å². The summed E-state index contributed by atoms with van der Waals surface area (Å²) in [6.07, 6.45) is 1.17. The number of hydrogen-bond donors (Lipinski definition) is 0. The summed E-state index contributed by atoms with van der Waals surface area (Å²) < 4.78 is 12.3. The largest absolute Gasteiger partial charge is 0.348 e. The van der Waals surface area contributed by atoms with Crippen molar-refractivity contribution in [1.82, 2.24) is 9.55 Å². The first kappa shape index (κ1) is 11.6. The lowest BCUT2D eigenvalue weighted by molar-refractivity contribution is -0.0522. The van der Waals surface area contributed by atoms with Gasteiger partial charge in [-0.2, -0.15) is 0 Å². The van der Waals surface area contributed by atoms with Crippen LogP contribution in [0.4, 0.5) is 0 Å². The minimum absolute atomic E-state index is 0.120. The lowest BCUT2D eigenvalue weighted by atomic mass is 10.3. The fourth-order valence-electron chi connectivity index (χ4n) is 1.99. The predicted octanol–water partition coefficient (Wildman–Crippen LogP) is 1.42. The third-order valence-electron chi connectivity index (χ3n) is 2.83. The number of pyridine rings is 2. The van der Waals surface area contributed by atoms with Crippen LogP contribution in [0.15, 0.2) is 29.2 Å². The molecular weight excluding hydrogens is 256 g/mol. The van der Waals surface area contributed by atoms with Gasteiger partial charge in [0.15, 0.2) is 6.29 Å². The van der Waals surface area contributed by atoms with Crippen molar-refractivity contribution in [3.8, 4) is 0 Å². The summed E-state index contributed by atoms with van der Waals surface area (Å²) in [5, 5.41) is 0.495. The summed E-state index contributed by atoms with van der Waals surface area (Å²) in [4.78, 5) is 16.1. The zero-order valence-corrected chi connectivity index (χ0v) is 10.3. The molecule has 0 amide bonds. The van der Waals surface area contributed by atoms with Crippen LogP contribution in [0.2, 0.25) is 5.02 Å². The van der Waals surface area contributed by atoms with Crippen molar-refractivity contribution >= 4 is 22.6 Å². The highest BCUT2D eigenvalue weighted by Crippen LogP contribution is 2.16. The monoisotopic (exact) mass is 266 g/mol. The van der Waals surface area contributed by atoms with Crippen LogP contribution in [0.3, 0.4) is 0 Å². The second-order valence-electron chi connectivity index (χ2n) is 4.01. The maximum absolute atomic E-state index is 11.9. The van der Waals surface area contributed by atoms with E-state index in [0.717, 1.165) is 5.52 Å². The van der Waals surface area contributed by atoms with E-state index in [-0.39, 0.29) is 11.8 Å². The maximum Gasteiger partial charge on any atom is 0.251 e. The number of rotatable bonds is 2. The van der Waals surface area contributed by atoms with Gasteiger partial charge in [-0.3, -0.25) is 9.78 Å². The van der Waals surface area contributed by atoms with Gasteiger partial charge in [-0.1, -0.05) is 11.6 Å². The van der Waals surface area contributed by atoms with E-state index >= 15 is 0 Å². The summed E-state index contributed by atoms with van der Waals surface area (Å²) in [7, 11) is 0. The molecule has 0 spiro atoms. The third kappa shape index (κ3) is 2.12. The average molecular weight is 267 g/mol. The van der Waals surface area contributed by atoms with Crippen molar-refractivity contribution in [2.45, 2.75) is 12.8 Å². The van der Waals surface area contributed by atoms with E-state index < -0.39 is 0 Å². The molecular formula is C12H11ClN2O3. The van der Waals surface area contributed by atoms with E-state index in [1.807, 2.05) is 0 Å². The van der Waals surface area contributed by atoms with Gasteiger partial charge in [0, 0.05) is 12.3 Å². The highest BCUT2D eigenvalue weighted by molar-refractivity contribution is 6.31. The van der Waals surface area contributed by atoms with Gasteiger partial charge in [-0.05, 0) is 12.1 Å². The molecule has 5 nitrogen and oxygen atoms in total. The standard InChI is InChI=1S/C12H11ClN2O3/c13-8-5-10-9(14-6-8)1-2-11(16)15(10)7-12-17-3-4-18-12/h1-2,5-6,12H,3-4,7H2. The minimum Gasteiger partial charge on any atom is -0.348 e. The van der Waals surface area contributed by atoms with Crippen LogP contribution in [0.25, 0.3) is 11.0 Å². The van der Waals surface area contributed by atoms with Gasteiger partial charge in [-0.15, -0.1) is 0 Å². The fraction of sp³-hybridized carbons (Fsp3) is 0.333. The van der Waals surface area contributed by atoms with Crippen LogP contribution in [-0.2, 0) is 16.0 Å². The van der Waals surface area contributed by atoms with Crippen LogP contribution in [-0.4, -0.2) is 29.1 Å². The molecule has 0 bridgehead atoms. The molecule has 0 N–H and O–H groups in total. The van der Waals surface area contributed by atoms with E-state index in [0.29, 0.717) is 30.3 Å². The third-order valence-corrected chi connectivity index (χ3v) is 3.03. The Morgan fingerprint density at radius 2 is 2.17 bits per heavy atom. The highest BCUT2D eigenvalue weighted by atomic mass is 35.5. The van der Waals surface area contributed by atoms with Crippen molar-refractivity contribution in [2.75, 3.05) is 13.2 Å². The van der Waals surface area contributed by atoms with E-state index in [9.17, 15) is 4.79 Å². The van der Waals surface area contributed by atoms with Crippen LogP contribution in [0.1, 0.15) is 0 Å². The van der Waals surface area contributed by atoms with Crippen molar-refractivity contribution in [2.24, 2.45) is 0 Å². The highest BCUT2D eigenvalue weighted by Gasteiger charge is 2.18. The molecule has 0 aromatic carbocycles. The smallest absolute Gasteiger partial charge is 0.251 e. The lowest BCUT2D eigenvalue weighted by Gasteiger charge is -2.13. The molecule has 1 aliphatic rings. The molecule has 2 aromatic heterocycles. The summed E-state index contributed by atoms with van der Waals surface area (Å²) >= 11 is 5.92. The van der Waals surface area contributed by atoms with E-state index in [4.69, 9.17) is 21.1 Å². The molecule has 0 saturated carbocycles. The second kappa shape index (κ2) is 4.68. The van der Waals surface area contributed by atoms with Gasteiger partial charge in [0.2, 0.25) is 0 Å². The quantitative estimate of drug-likeness (QED) is 0.825. The van der Waals surface area contributed by atoms with Gasteiger partial charge in [0.05, 0.1) is 35.8 Å². The SMILES string of the molecule is O=c1ccc2ncc(Cl)cc2n1CC1OCCO1. The normalized spacial score (nSPS) is 16.5. The molecule has 0 radical (unpaired) electrons. The molecule has 0 aliphatic carbocycles. The summed E-state index contributed by atoms with van der Waals surface area (Å²) in [6, 6.07) is 4.89. The van der Waals surface area contributed by atoms with E-state index in [1.165, 1.54) is 6.07 Å². The van der Waals surface area contributed by atoms with Gasteiger partial charge >= 0.3 is 0 Å². The van der Waals surface area contributed by atoms with Gasteiger partial charge in [-0.25, -0.2) is 0 Å². The zero-order valence-electron chi connectivity index (χ0n) is 9.51. The van der Waals surface area contributed by atoms with Gasteiger partial charge < -0.3 is 14.0 Å². The molecule has 1 aliphatic heterocycles. The Kier molecular flexibility index (Phi) is 3.03. The van der Waals surface area contributed by atoms with Crippen molar-refractivity contribution in [3.63, 3.8) is 0 Å². The molecule has 6 heteroatoms. The van der Waals surface area contributed by atoms with Crippen molar-refractivity contribution in [1.29, 1.82) is 0 Å². The molecule has 1 saturated heterocycles. The van der Waals surface area contributed by atoms with E-state index in [2.05, 4.69) is 4.98 Å². The van der Waals surface area contributed by atoms with Crippen LogP contribution in [0.5, 0.6) is 0 Å². The topological polar surface area (TPSA) is 53.4 Å². The van der Waals surface area contributed by atoms with Crippen LogP contribution in [0, 0.1) is 0 Å². The molecule has 2 aromatic rings. The van der Waals surface area contributed by atoms with Crippen molar-refractivity contribution in [3.05, 3.63) is 39.8 Å². The Morgan fingerprint density at radius 3 is 2.94 bits per heavy atom. The number of nitrogens with zero attached hydrogens (tertiary/aromatic N) is 2. The van der Waals surface area contributed by atoms with E-state index in [1.54, 1.807) is 22.9 Å². The molecule has 18 heavy (non-hydrogen) atoms. The Balaban J connectivity index is 2.10. The molecule has 0 atom stereocenters. The first-order valence-electron chi connectivity index (χ1n) is 5.62. The fourth-order valence-corrected chi connectivity index (χ4v) is 2.14. The van der Waals surface area contributed by atoms with Gasteiger partial charge in [0.1, 0.15) is 0 Å². The average Bonchev–Trinajstić information content (AvgIpc) is 2.86. The first-order valence-corrected chi connectivity index (χ1v) is 6.00. The predicted molar refractivity (Wildman–Crippen MR) is 66.7 cm³/mol. The number of ether oxygens (including phenoxy) is 2. The Bertz CT molecular complexity index is 635. The minimum atomic E-state index is -0.382. The number of aromatic nitrogens is 2. The van der Waals surface area contributed by atoms with Gasteiger partial charge in [0.25, 0.3) is 5.56 Å². The Morgan fingerprint density at radius 1 is 1.39 bits per heavy atom. The van der Waals surface area contributed by atoms with Crippen LogP contribution >= 0.6 is 11.6 Å². The number of hydrogen-bond acceptors (Lipinski definition) is 4. The van der Waals surface area contributed by atoms with Crippen molar-refractivity contribution < 1.29 is 9.47 Å². The first-order chi connectivity index (χ1) is 8.74. The number of halogens is 1. The summed E-state index contributed by atoms with van der Waals surface area (Å²) in [6.45, 7) is 1.46. The zero-order chi connectivity index (χ0) is 12.5. The molecule has 94 valence electrons. The molecule has 0 unspecified atom stereocenters. The summed E-state index contributed by atoms with van der Waals surface area (Å²) in [5.41, 5.74) is 1.29. The summed E-state index contributed by atoms with van der Waals surface area (Å²) in [5.74, 6) is 0.